The van der Waals surface area contributed by atoms with Crippen molar-refractivity contribution in [1.29, 1.82) is 0 Å². The number of carbonyl (C=O) groups excluding carboxylic acids is 4. The number of nitrogens with one attached hydrogen (secondary N) is 3. The van der Waals surface area contributed by atoms with E-state index in [9.17, 15) is 29.1 Å². The molecule has 0 spiro atoms. The third kappa shape index (κ3) is 12.0. The fraction of sp³-hybridized carbons (Fsp3) is 0.750. The summed E-state index contributed by atoms with van der Waals surface area (Å²) in [5.74, 6) is -3.07. The van der Waals surface area contributed by atoms with Crippen LogP contribution in [0, 0.1) is 5.92 Å². The molecule has 0 saturated heterocycles. The standard InChI is InChI=1S/C20H35N3O7/c1-5-8-14(6-2)11-17(25)23-15(19(27)28)9-10-16(24)21-12-18(26)22-13(4)20(29)30-7-3/h13-15H,5-12H2,1-4H3,(H,21,24)(H,22,26)(H,23,25)(H,27,28)/t13-,14?,15-/m1/s1. The summed E-state index contributed by atoms with van der Waals surface area (Å²) in [6, 6.07) is -2.03. The molecule has 10 nitrogen and oxygen atoms in total. The van der Waals surface area contributed by atoms with E-state index < -0.39 is 35.8 Å². The lowest BCUT2D eigenvalue weighted by atomic mass is 9.96. The number of esters is 1. The minimum Gasteiger partial charge on any atom is -0.480 e. The predicted octanol–water partition coefficient (Wildman–Crippen LogP) is 0.736. The zero-order chi connectivity index (χ0) is 23.1. The second-order valence-corrected chi connectivity index (χ2v) is 7.08. The monoisotopic (exact) mass is 429 g/mol. The van der Waals surface area contributed by atoms with Crippen molar-refractivity contribution in [3.63, 3.8) is 0 Å². The van der Waals surface area contributed by atoms with E-state index in [0.717, 1.165) is 19.3 Å². The number of hydrogen-bond donors (Lipinski definition) is 4. The lowest BCUT2D eigenvalue weighted by molar-refractivity contribution is -0.146. The third-order valence-electron chi connectivity index (χ3n) is 4.51. The molecule has 1 unspecified atom stereocenters. The van der Waals surface area contributed by atoms with Gasteiger partial charge in [-0.25, -0.2) is 9.59 Å². The molecule has 0 aromatic rings. The van der Waals surface area contributed by atoms with Gasteiger partial charge in [-0.05, 0) is 26.2 Å². The molecule has 4 N–H and O–H groups in total. The van der Waals surface area contributed by atoms with Crippen molar-refractivity contribution in [2.45, 2.75) is 78.3 Å². The highest BCUT2D eigenvalue weighted by molar-refractivity contribution is 5.88. The van der Waals surface area contributed by atoms with Crippen LogP contribution in [-0.2, 0) is 28.7 Å². The van der Waals surface area contributed by atoms with Crippen LogP contribution < -0.4 is 16.0 Å². The lowest BCUT2D eigenvalue weighted by Crippen LogP contribution is -2.45. The Morgan fingerprint density at radius 1 is 0.933 bits per heavy atom. The van der Waals surface area contributed by atoms with Gasteiger partial charge in [0.1, 0.15) is 12.1 Å². The van der Waals surface area contributed by atoms with Crippen molar-refractivity contribution < 1.29 is 33.8 Å². The van der Waals surface area contributed by atoms with Gasteiger partial charge in [0, 0.05) is 12.8 Å². The molecule has 0 aromatic heterocycles. The van der Waals surface area contributed by atoms with Crippen LogP contribution in [0.2, 0.25) is 0 Å². The molecule has 30 heavy (non-hydrogen) atoms. The molecule has 0 fully saturated rings. The van der Waals surface area contributed by atoms with E-state index in [0.29, 0.717) is 0 Å². The summed E-state index contributed by atoms with van der Waals surface area (Å²) in [6.45, 7) is 6.94. The molecule has 0 radical (unpaired) electrons. The SMILES string of the molecule is CCCC(CC)CC(=O)N[C@H](CCC(=O)NCC(=O)N[C@H](C)C(=O)OCC)C(=O)O. The molecule has 3 atom stereocenters. The van der Waals surface area contributed by atoms with Gasteiger partial charge in [0.15, 0.2) is 0 Å². The number of rotatable bonds is 15. The topological polar surface area (TPSA) is 151 Å². The van der Waals surface area contributed by atoms with Crippen molar-refractivity contribution >= 4 is 29.7 Å². The molecule has 0 heterocycles. The summed E-state index contributed by atoms with van der Waals surface area (Å²) in [7, 11) is 0. The zero-order valence-electron chi connectivity index (χ0n) is 18.3. The number of ether oxygens (including phenoxy) is 1. The average Bonchev–Trinajstić information content (AvgIpc) is 2.68. The largest absolute Gasteiger partial charge is 0.480 e. The number of carbonyl (C=O) groups is 5. The van der Waals surface area contributed by atoms with Gasteiger partial charge in [0.2, 0.25) is 17.7 Å². The molecule has 0 aromatic carbocycles. The first-order valence-corrected chi connectivity index (χ1v) is 10.4. The molecule has 0 aliphatic carbocycles. The summed E-state index contributed by atoms with van der Waals surface area (Å²) in [6.07, 6.45) is 2.64. The lowest BCUT2D eigenvalue weighted by Gasteiger charge is -2.17. The Balaban J connectivity index is 4.39. The van der Waals surface area contributed by atoms with Crippen LogP contribution in [0.4, 0.5) is 0 Å². The number of hydrogen-bond acceptors (Lipinski definition) is 6. The van der Waals surface area contributed by atoms with E-state index in [4.69, 9.17) is 4.74 Å². The van der Waals surface area contributed by atoms with E-state index in [-0.39, 0.29) is 44.2 Å². The van der Waals surface area contributed by atoms with Gasteiger partial charge in [-0.15, -0.1) is 0 Å². The minimum absolute atomic E-state index is 0.0989. The van der Waals surface area contributed by atoms with Crippen LogP contribution in [0.5, 0.6) is 0 Å². The van der Waals surface area contributed by atoms with Gasteiger partial charge >= 0.3 is 11.9 Å². The minimum atomic E-state index is -1.22. The van der Waals surface area contributed by atoms with Gasteiger partial charge < -0.3 is 25.8 Å². The van der Waals surface area contributed by atoms with Gasteiger partial charge in [-0.1, -0.05) is 33.1 Å². The van der Waals surface area contributed by atoms with Gasteiger partial charge in [0.05, 0.1) is 13.2 Å². The molecule has 172 valence electrons. The van der Waals surface area contributed by atoms with Crippen LogP contribution in [-0.4, -0.2) is 60.0 Å². The Kier molecular flexibility index (Phi) is 13.9. The Hall–Kier alpha value is -2.65. The Morgan fingerprint density at radius 3 is 2.13 bits per heavy atom. The van der Waals surface area contributed by atoms with E-state index in [2.05, 4.69) is 16.0 Å². The third-order valence-corrected chi connectivity index (χ3v) is 4.51. The second-order valence-electron chi connectivity index (χ2n) is 7.08. The fourth-order valence-corrected chi connectivity index (χ4v) is 2.79. The van der Waals surface area contributed by atoms with Crippen LogP contribution in [0.15, 0.2) is 0 Å². The van der Waals surface area contributed by atoms with Gasteiger partial charge in [-0.2, -0.15) is 0 Å². The Morgan fingerprint density at radius 2 is 1.60 bits per heavy atom. The molecule has 0 aliphatic heterocycles. The summed E-state index contributed by atoms with van der Waals surface area (Å²) in [5.41, 5.74) is 0. The van der Waals surface area contributed by atoms with E-state index in [1.807, 2.05) is 13.8 Å². The van der Waals surface area contributed by atoms with E-state index in [1.165, 1.54) is 6.92 Å². The van der Waals surface area contributed by atoms with Crippen LogP contribution >= 0.6 is 0 Å². The number of carboxylic acids is 1. The first-order valence-electron chi connectivity index (χ1n) is 10.4. The average molecular weight is 430 g/mol. The molecule has 0 saturated carbocycles. The normalized spacial score (nSPS) is 13.5. The Bertz CT molecular complexity index is 595. The maximum atomic E-state index is 12.1. The highest BCUT2D eigenvalue weighted by Gasteiger charge is 2.23. The smallest absolute Gasteiger partial charge is 0.328 e. The van der Waals surface area contributed by atoms with Gasteiger partial charge in [-0.3, -0.25) is 14.4 Å². The van der Waals surface area contributed by atoms with Crippen molar-refractivity contribution in [3.05, 3.63) is 0 Å². The van der Waals surface area contributed by atoms with E-state index >= 15 is 0 Å². The molecule has 0 bridgehead atoms. The van der Waals surface area contributed by atoms with Crippen LogP contribution in [0.3, 0.4) is 0 Å². The molecule has 0 rings (SSSR count). The van der Waals surface area contributed by atoms with E-state index in [1.54, 1.807) is 6.92 Å². The fourth-order valence-electron chi connectivity index (χ4n) is 2.79. The van der Waals surface area contributed by atoms with Crippen molar-refractivity contribution in [2.75, 3.05) is 13.2 Å². The zero-order valence-corrected chi connectivity index (χ0v) is 18.3. The molecular formula is C20H35N3O7. The van der Waals surface area contributed by atoms with Crippen LogP contribution in [0.25, 0.3) is 0 Å². The second kappa shape index (κ2) is 15.2. The maximum absolute atomic E-state index is 12.1. The summed E-state index contributed by atoms with van der Waals surface area (Å²) in [4.78, 5) is 58.6. The summed E-state index contributed by atoms with van der Waals surface area (Å²) >= 11 is 0. The van der Waals surface area contributed by atoms with Crippen molar-refractivity contribution in [1.82, 2.24) is 16.0 Å². The Labute approximate surface area is 177 Å². The van der Waals surface area contributed by atoms with Crippen LogP contribution in [0.1, 0.15) is 66.2 Å². The van der Waals surface area contributed by atoms with Crippen molar-refractivity contribution in [3.8, 4) is 0 Å². The first kappa shape index (κ1) is 27.4. The molecule has 0 aliphatic rings. The summed E-state index contributed by atoms with van der Waals surface area (Å²) in [5, 5.41) is 16.5. The summed E-state index contributed by atoms with van der Waals surface area (Å²) < 4.78 is 4.76. The van der Waals surface area contributed by atoms with Gasteiger partial charge in [0.25, 0.3) is 0 Å². The quantitative estimate of drug-likeness (QED) is 0.280. The predicted molar refractivity (Wildman–Crippen MR) is 109 cm³/mol. The number of amides is 3. The van der Waals surface area contributed by atoms with Crippen molar-refractivity contribution in [2.24, 2.45) is 5.92 Å². The molecule has 3 amide bonds. The first-order chi connectivity index (χ1) is 14.1. The number of aliphatic carboxylic acids is 1. The molecular weight excluding hydrogens is 394 g/mol. The maximum Gasteiger partial charge on any atom is 0.328 e. The number of carboxylic acid groups (broad SMARTS) is 1. The highest BCUT2D eigenvalue weighted by Crippen LogP contribution is 2.15. The molecule has 10 heteroatoms. The highest BCUT2D eigenvalue weighted by atomic mass is 16.5.